The molecule has 5 rings (SSSR count). The number of hydrogen-bond acceptors (Lipinski definition) is 8. The average Bonchev–Trinajstić information content (AvgIpc) is 3.45. The summed E-state index contributed by atoms with van der Waals surface area (Å²) in [4.78, 5) is 10.9. The molecule has 1 aromatic carbocycles. The minimum absolute atomic E-state index is 0.156. The number of rotatable bonds is 6. The molecular weight excluding hydrogens is 440 g/mol. The molecule has 0 bridgehead atoms. The van der Waals surface area contributed by atoms with Gasteiger partial charge in [-0.1, -0.05) is 12.1 Å². The number of hydrogen-bond donors (Lipinski definition) is 2. The highest BCUT2D eigenvalue weighted by Gasteiger charge is 2.22. The zero-order valence-corrected chi connectivity index (χ0v) is 19.7. The van der Waals surface area contributed by atoms with Crippen molar-refractivity contribution in [2.75, 3.05) is 31.7 Å². The largest absolute Gasteiger partial charge is 0.474 e. The van der Waals surface area contributed by atoms with Crippen molar-refractivity contribution >= 4 is 21.5 Å². The van der Waals surface area contributed by atoms with Crippen LogP contribution in [0.4, 0.5) is 11.6 Å². The van der Waals surface area contributed by atoms with Gasteiger partial charge in [-0.15, -0.1) is 5.10 Å². The summed E-state index contributed by atoms with van der Waals surface area (Å²) in [5.74, 6) is 0.847. The number of anilines is 2. The maximum absolute atomic E-state index is 11.8. The van der Waals surface area contributed by atoms with Crippen LogP contribution in [0.3, 0.4) is 0 Å². The number of nitrogens with one attached hydrogen (secondary N) is 2. The molecule has 0 spiro atoms. The molecule has 0 saturated carbocycles. The van der Waals surface area contributed by atoms with Gasteiger partial charge in [-0.05, 0) is 61.9 Å². The zero-order valence-electron chi connectivity index (χ0n) is 18.8. The summed E-state index contributed by atoms with van der Waals surface area (Å²) in [6, 6.07) is 8.19. The standard InChI is InChI=1S/C23H28N6O3S/c1-29-12-9-17(10-13-29)32-20-14-16(8-11-24-20)19-7-6-15-4-3-5-18(15)21(19)25-22-26-23(28-27-22)33(2,30)31/h6-8,11,14,17H,3-5,9-10,12-13H2,1-2H3,(H2,25,26,27,28). The van der Waals surface area contributed by atoms with E-state index in [9.17, 15) is 8.42 Å². The fourth-order valence-corrected chi connectivity index (χ4v) is 5.01. The van der Waals surface area contributed by atoms with Crippen LogP contribution in [0, 0.1) is 0 Å². The van der Waals surface area contributed by atoms with Crippen LogP contribution in [0.2, 0.25) is 0 Å². The Morgan fingerprint density at radius 1 is 1.18 bits per heavy atom. The summed E-state index contributed by atoms with van der Waals surface area (Å²) in [7, 11) is -1.34. The van der Waals surface area contributed by atoms with E-state index in [1.165, 1.54) is 11.1 Å². The molecule has 2 aliphatic rings. The van der Waals surface area contributed by atoms with Crippen LogP contribution in [-0.2, 0) is 22.7 Å². The number of pyridine rings is 1. The van der Waals surface area contributed by atoms with Gasteiger partial charge in [0.15, 0.2) is 0 Å². The molecule has 1 aliphatic heterocycles. The Morgan fingerprint density at radius 2 is 2.00 bits per heavy atom. The lowest BCUT2D eigenvalue weighted by atomic mass is 9.98. The van der Waals surface area contributed by atoms with Crippen LogP contribution in [0.5, 0.6) is 5.88 Å². The van der Waals surface area contributed by atoms with Crippen LogP contribution >= 0.6 is 0 Å². The molecule has 3 heterocycles. The number of piperidine rings is 1. The summed E-state index contributed by atoms with van der Waals surface area (Å²) in [6.07, 6.45) is 8.06. The maximum Gasteiger partial charge on any atom is 0.247 e. The molecule has 33 heavy (non-hydrogen) atoms. The van der Waals surface area contributed by atoms with E-state index >= 15 is 0 Å². The molecule has 3 aromatic rings. The van der Waals surface area contributed by atoms with Gasteiger partial charge < -0.3 is 15.0 Å². The summed E-state index contributed by atoms with van der Waals surface area (Å²) in [5.41, 5.74) is 5.37. The number of fused-ring (bicyclic) bond motifs is 1. The second-order valence-electron chi connectivity index (χ2n) is 8.84. The summed E-state index contributed by atoms with van der Waals surface area (Å²) >= 11 is 0. The Labute approximate surface area is 193 Å². The van der Waals surface area contributed by atoms with E-state index in [2.05, 4.69) is 49.6 Å². The van der Waals surface area contributed by atoms with Crippen molar-refractivity contribution in [1.82, 2.24) is 25.1 Å². The number of H-pyrrole nitrogens is 1. The first-order chi connectivity index (χ1) is 15.9. The van der Waals surface area contributed by atoms with Crippen LogP contribution in [0.25, 0.3) is 11.1 Å². The Hall–Kier alpha value is -2.98. The molecule has 1 aliphatic carbocycles. The van der Waals surface area contributed by atoms with Gasteiger partial charge in [-0.2, -0.15) is 4.98 Å². The number of ether oxygens (including phenoxy) is 1. The van der Waals surface area contributed by atoms with Gasteiger partial charge in [0.2, 0.25) is 26.8 Å². The smallest absolute Gasteiger partial charge is 0.247 e. The summed E-state index contributed by atoms with van der Waals surface area (Å²) in [6.45, 7) is 2.05. The Kier molecular flexibility index (Phi) is 5.79. The quantitative estimate of drug-likeness (QED) is 0.568. The van der Waals surface area contributed by atoms with E-state index in [-0.39, 0.29) is 17.2 Å². The van der Waals surface area contributed by atoms with Gasteiger partial charge in [-0.3, -0.25) is 0 Å². The molecule has 1 fully saturated rings. The Balaban J connectivity index is 1.47. The van der Waals surface area contributed by atoms with Gasteiger partial charge in [-0.25, -0.2) is 18.5 Å². The number of aromatic nitrogens is 4. The first kappa shape index (κ1) is 21.8. The molecule has 9 nitrogen and oxygen atoms in total. The van der Waals surface area contributed by atoms with Gasteiger partial charge in [0.25, 0.3) is 0 Å². The highest BCUT2D eigenvalue weighted by Crippen LogP contribution is 2.39. The van der Waals surface area contributed by atoms with Crippen molar-refractivity contribution in [2.24, 2.45) is 0 Å². The van der Waals surface area contributed by atoms with Crippen molar-refractivity contribution in [1.29, 1.82) is 0 Å². The molecule has 0 amide bonds. The average molecular weight is 469 g/mol. The number of sulfone groups is 1. The number of aryl methyl sites for hydroxylation is 1. The van der Waals surface area contributed by atoms with Crippen LogP contribution in [0.1, 0.15) is 30.4 Å². The third-order valence-corrected chi connectivity index (χ3v) is 7.22. The second kappa shape index (κ2) is 8.75. The first-order valence-electron chi connectivity index (χ1n) is 11.2. The second-order valence-corrected chi connectivity index (χ2v) is 10.8. The molecule has 0 unspecified atom stereocenters. The lowest BCUT2D eigenvalue weighted by molar-refractivity contribution is 0.110. The highest BCUT2D eigenvalue weighted by molar-refractivity contribution is 7.90. The predicted octanol–water partition coefficient (Wildman–Crippen LogP) is 2.98. The zero-order chi connectivity index (χ0) is 23.0. The number of aromatic amines is 1. The normalized spacial score (nSPS) is 17.2. The summed E-state index contributed by atoms with van der Waals surface area (Å²) < 4.78 is 29.8. The maximum atomic E-state index is 11.8. The molecule has 0 radical (unpaired) electrons. The van der Waals surface area contributed by atoms with E-state index in [1.807, 2.05) is 12.1 Å². The fraction of sp³-hybridized carbons (Fsp3) is 0.435. The molecule has 174 valence electrons. The van der Waals surface area contributed by atoms with Gasteiger partial charge in [0, 0.05) is 37.2 Å². The van der Waals surface area contributed by atoms with Crippen LogP contribution in [0.15, 0.2) is 35.6 Å². The van der Waals surface area contributed by atoms with Crippen molar-refractivity contribution in [3.05, 3.63) is 41.6 Å². The highest BCUT2D eigenvalue weighted by atomic mass is 32.2. The SMILES string of the molecule is CN1CCC(Oc2cc(-c3ccc4c(c3Nc3n[nH]c(S(C)(=O)=O)n3)CCC4)ccn2)CC1. The predicted molar refractivity (Wildman–Crippen MR) is 126 cm³/mol. The topological polar surface area (TPSA) is 113 Å². The van der Waals surface area contributed by atoms with Crippen molar-refractivity contribution < 1.29 is 13.2 Å². The van der Waals surface area contributed by atoms with Gasteiger partial charge >= 0.3 is 0 Å². The minimum Gasteiger partial charge on any atom is -0.474 e. The summed E-state index contributed by atoms with van der Waals surface area (Å²) in [5, 5.41) is 9.71. The van der Waals surface area contributed by atoms with Crippen molar-refractivity contribution in [2.45, 2.75) is 43.4 Å². The van der Waals surface area contributed by atoms with Crippen molar-refractivity contribution in [3.63, 3.8) is 0 Å². The fourth-order valence-electron chi connectivity index (χ4n) is 4.55. The molecule has 1 saturated heterocycles. The minimum atomic E-state index is -3.47. The molecule has 10 heteroatoms. The van der Waals surface area contributed by atoms with E-state index in [1.54, 1.807) is 6.20 Å². The van der Waals surface area contributed by atoms with Crippen molar-refractivity contribution in [3.8, 4) is 17.0 Å². The Morgan fingerprint density at radius 3 is 2.76 bits per heavy atom. The third-order valence-electron chi connectivity index (χ3n) is 6.33. The molecular formula is C23H28N6O3S. The number of benzene rings is 1. The van der Waals surface area contributed by atoms with E-state index in [4.69, 9.17) is 4.74 Å². The number of likely N-dealkylation sites (tertiary alicyclic amines) is 1. The lowest BCUT2D eigenvalue weighted by Gasteiger charge is -2.29. The van der Waals surface area contributed by atoms with Crippen LogP contribution < -0.4 is 10.1 Å². The van der Waals surface area contributed by atoms with Gasteiger partial charge in [0.05, 0.1) is 5.69 Å². The molecule has 0 atom stereocenters. The third kappa shape index (κ3) is 4.72. The van der Waals surface area contributed by atoms with Gasteiger partial charge in [0.1, 0.15) is 6.10 Å². The van der Waals surface area contributed by atoms with Crippen LogP contribution in [-0.4, -0.2) is 66.0 Å². The van der Waals surface area contributed by atoms with E-state index < -0.39 is 9.84 Å². The number of nitrogens with zero attached hydrogens (tertiary/aromatic N) is 4. The Bertz CT molecular complexity index is 1260. The lowest BCUT2D eigenvalue weighted by Crippen LogP contribution is -2.35. The molecule has 2 N–H and O–H groups in total. The van der Waals surface area contributed by atoms with E-state index in [0.29, 0.717) is 5.88 Å². The van der Waals surface area contributed by atoms with E-state index in [0.717, 1.165) is 68.3 Å². The first-order valence-corrected chi connectivity index (χ1v) is 13.1. The molecule has 2 aromatic heterocycles. The monoisotopic (exact) mass is 468 g/mol.